The number of halogens is 2. The van der Waals surface area contributed by atoms with E-state index in [0.717, 1.165) is 31.4 Å². The van der Waals surface area contributed by atoms with Crippen LogP contribution in [-0.4, -0.2) is 19.8 Å². The largest absolute Gasteiger partial charge is 0.379 e. The van der Waals surface area contributed by atoms with Crippen molar-refractivity contribution in [2.45, 2.75) is 45.3 Å². The summed E-state index contributed by atoms with van der Waals surface area (Å²) in [5, 5.41) is 4.72. The first-order valence-electron chi connectivity index (χ1n) is 6.85. The van der Waals surface area contributed by atoms with Crippen LogP contribution in [0.2, 0.25) is 10.0 Å². The topological polar surface area (TPSA) is 21.3 Å². The normalized spacial score (nSPS) is 14.4. The summed E-state index contributed by atoms with van der Waals surface area (Å²) in [4.78, 5) is 0. The molecule has 1 rings (SSSR count). The second-order valence-corrected chi connectivity index (χ2v) is 5.48. The second-order valence-electron chi connectivity index (χ2n) is 4.67. The lowest BCUT2D eigenvalue weighted by Crippen LogP contribution is -2.33. The van der Waals surface area contributed by atoms with E-state index in [1.165, 1.54) is 0 Å². The van der Waals surface area contributed by atoms with Gasteiger partial charge < -0.3 is 10.1 Å². The predicted molar refractivity (Wildman–Crippen MR) is 83.2 cm³/mol. The van der Waals surface area contributed by atoms with Crippen LogP contribution in [0.1, 0.15) is 44.7 Å². The third kappa shape index (κ3) is 4.96. The molecule has 0 aliphatic carbocycles. The Bertz CT molecular complexity index is 384. The highest BCUT2D eigenvalue weighted by molar-refractivity contribution is 6.42. The maximum Gasteiger partial charge on any atom is 0.0765 e. The number of ether oxygens (including phenoxy) is 1. The van der Waals surface area contributed by atoms with E-state index in [0.29, 0.717) is 10.0 Å². The van der Waals surface area contributed by atoms with Crippen LogP contribution >= 0.6 is 23.2 Å². The highest BCUT2D eigenvalue weighted by Crippen LogP contribution is 2.29. The van der Waals surface area contributed by atoms with Gasteiger partial charge in [0, 0.05) is 7.11 Å². The zero-order valence-corrected chi connectivity index (χ0v) is 13.4. The Hall–Kier alpha value is -0.280. The summed E-state index contributed by atoms with van der Waals surface area (Å²) in [7, 11) is 1.76. The van der Waals surface area contributed by atoms with Crippen molar-refractivity contribution in [2.24, 2.45) is 0 Å². The monoisotopic (exact) mass is 303 g/mol. The lowest BCUT2D eigenvalue weighted by Gasteiger charge is -2.27. The molecule has 0 fully saturated rings. The molecule has 0 aliphatic rings. The molecular weight excluding hydrogens is 281 g/mol. The average Bonchev–Trinajstić information content (AvgIpc) is 2.41. The molecule has 4 heteroatoms. The van der Waals surface area contributed by atoms with Crippen LogP contribution in [0.5, 0.6) is 0 Å². The number of hydrogen-bond acceptors (Lipinski definition) is 2. The maximum atomic E-state index is 6.12. The van der Waals surface area contributed by atoms with Crippen molar-refractivity contribution < 1.29 is 4.74 Å². The number of hydrogen-bond donors (Lipinski definition) is 1. The molecule has 0 bridgehead atoms. The highest BCUT2D eigenvalue weighted by atomic mass is 35.5. The van der Waals surface area contributed by atoms with Crippen molar-refractivity contribution in [3.05, 3.63) is 33.8 Å². The molecule has 0 amide bonds. The quantitative estimate of drug-likeness (QED) is 0.741. The number of benzene rings is 1. The van der Waals surface area contributed by atoms with E-state index in [2.05, 4.69) is 19.2 Å². The van der Waals surface area contributed by atoms with Crippen molar-refractivity contribution in [3.63, 3.8) is 0 Å². The van der Waals surface area contributed by atoms with E-state index >= 15 is 0 Å². The zero-order valence-electron chi connectivity index (χ0n) is 11.9. The van der Waals surface area contributed by atoms with E-state index in [1.807, 2.05) is 18.2 Å². The fourth-order valence-corrected chi connectivity index (χ4v) is 2.48. The summed E-state index contributed by atoms with van der Waals surface area (Å²) in [6, 6.07) is 5.94. The Labute approximate surface area is 126 Å². The van der Waals surface area contributed by atoms with Gasteiger partial charge in [-0.3, -0.25) is 0 Å². The van der Waals surface area contributed by atoms with Crippen molar-refractivity contribution in [3.8, 4) is 0 Å². The first kappa shape index (κ1) is 16.8. The summed E-state index contributed by atoms with van der Waals surface area (Å²) in [6.45, 7) is 5.27. The van der Waals surface area contributed by atoms with E-state index in [-0.39, 0.29) is 12.1 Å². The van der Waals surface area contributed by atoms with Gasteiger partial charge in [0.05, 0.1) is 22.2 Å². The molecular formula is C15H23Cl2NO. The molecule has 1 aromatic rings. The zero-order chi connectivity index (χ0) is 14.3. The molecule has 0 saturated heterocycles. The summed E-state index contributed by atoms with van der Waals surface area (Å²) in [6.07, 6.45) is 3.33. The van der Waals surface area contributed by atoms with Crippen LogP contribution in [0.25, 0.3) is 0 Å². The Morgan fingerprint density at radius 1 is 1.16 bits per heavy atom. The molecule has 2 nitrogen and oxygen atoms in total. The Morgan fingerprint density at radius 3 is 2.42 bits per heavy atom. The fourth-order valence-electron chi connectivity index (χ4n) is 2.17. The molecule has 2 atom stereocenters. The minimum Gasteiger partial charge on any atom is -0.379 e. The molecule has 0 saturated carbocycles. The first-order valence-corrected chi connectivity index (χ1v) is 7.60. The second kappa shape index (κ2) is 8.80. The van der Waals surface area contributed by atoms with Gasteiger partial charge in [0.1, 0.15) is 0 Å². The van der Waals surface area contributed by atoms with Gasteiger partial charge in [0.2, 0.25) is 0 Å². The fraction of sp³-hybridized carbons (Fsp3) is 0.600. The number of rotatable bonds is 8. The molecule has 2 unspecified atom stereocenters. The molecule has 0 spiro atoms. The standard InChI is InChI=1S/C15H23Cl2NO/c1-4-6-14(19-3)15(18-9-5-2)11-7-8-12(16)13(17)10-11/h7-8,10,14-15,18H,4-6,9H2,1-3H3. The minimum atomic E-state index is 0.147. The van der Waals surface area contributed by atoms with E-state index in [1.54, 1.807) is 7.11 Å². The third-order valence-corrected chi connectivity index (χ3v) is 3.90. The van der Waals surface area contributed by atoms with E-state index < -0.39 is 0 Å². The van der Waals surface area contributed by atoms with Gasteiger partial charge in [-0.1, -0.05) is 49.5 Å². The predicted octanol–water partition coefficient (Wildman–Crippen LogP) is 4.85. The van der Waals surface area contributed by atoms with E-state index in [4.69, 9.17) is 27.9 Å². The molecule has 0 radical (unpaired) electrons. The summed E-state index contributed by atoms with van der Waals surface area (Å²) in [5.74, 6) is 0. The van der Waals surface area contributed by atoms with Crippen LogP contribution in [0.3, 0.4) is 0 Å². The smallest absolute Gasteiger partial charge is 0.0765 e. The molecule has 1 aromatic carbocycles. The van der Waals surface area contributed by atoms with Crippen LogP contribution < -0.4 is 5.32 Å². The van der Waals surface area contributed by atoms with Crippen molar-refractivity contribution >= 4 is 23.2 Å². The van der Waals surface area contributed by atoms with Crippen LogP contribution in [-0.2, 0) is 4.74 Å². The van der Waals surface area contributed by atoms with Gasteiger partial charge in [-0.15, -0.1) is 0 Å². The molecule has 0 heterocycles. The Morgan fingerprint density at radius 2 is 1.89 bits per heavy atom. The molecule has 108 valence electrons. The third-order valence-electron chi connectivity index (χ3n) is 3.16. The molecule has 0 aliphatic heterocycles. The number of methoxy groups -OCH3 is 1. The average molecular weight is 304 g/mol. The van der Waals surface area contributed by atoms with Gasteiger partial charge in [0.15, 0.2) is 0 Å². The van der Waals surface area contributed by atoms with Crippen molar-refractivity contribution in [1.29, 1.82) is 0 Å². The van der Waals surface area contributed by atoms with Crippen molar-refractivity contribution in [2.75, 3.05) is 13.7 Å². The lowest BCUT2D eigenvalue weighted by atomic mass is 9.98. The van der Waals surface area contributed by atoms with Crippen LogP contribution in [0.15, 0.2) is 18.2 Å². The Balaban J connectivity index is 2.96. The SMILES string of the molecule is CCCNC(c1ccc(Cl)c(Cl)c1)C(CCC)OC. The first-order chi connectivity index (χ1) is 9.13. The Kier molecular flexibility index (Phi) is 7.77. The molecule has 19 heavy (non-hydrogen) atoms. The van der Waals surface area contributed by atoms with E-state index in [9.17, 15) is 0 Å². The minimum absolute atomic E-state index is 0.147. The van der Waals surface area contributed by atoms with Crippen molar-refractivity contribution in [1.82, 2.24) is 5.32 Å². The van der Waals surface area contributed by atoms with Crippen LogP contribution in [0, 0.1) is 0 Å². The van der Waals surface area contributed by atoms with Crippen LogP contribution in [0.4, 0.5) is 0 Å². The molecule has 0 aromatic heterocycles. The van der Waals surface area contributed by atoms with Gasteiger partial charge >= 0.3 is 0 Å². The summed E-state index contributed by atoms with van der Waals surface area (Å²) in [5.41, 5.74) is 1.13. The molecule has 1 N–H and O–H groups in total. The van der Waals surface area contributed by atoms with Gasteiger partial charge in [-0.2, -0.15) is 0 Å². The van der Waals surface area contributed by atoms with Gasteiger partial charge in [-0.25, -0.2) is 0 Å². The summed E-state index contributed by atoms with van der Waals surface area (Å²) >= 11 is 12.1. The van der Waals surface area contributed by atoms with Gasteiger partial charge in [0.25, 0.3) is 0 Å². The lowest BCUT2D eigenvalue weighted by molar-refractivity contribution is 0.0606. The highest BCUT2D eigenvalue weighted by Gasteiger charge is 2.22. The summed E-state index contributed by atoms with van der Waals surface area (Å²) < 4.78 is 5.64. The maximum absolute atomic E-state index is 6.12. The van der Waals surface area contributed by atoms with Gasteiger partial charge in [-0.05, 0) is 37.1 Å². The number of nitrogens with one attached hydrogen (secondary N) is 1.